The molecule has 0 bridgehead atoms. The molecule has 2 aromatic carbocycles. The summed E-state index contributed by atoms with van der Waals surface area (Å²) < 4.78 is 21.1. The number of benzene rings is 2. The molecule has 136 valence electrons. The van der Waals surface area contributed by atoms with Gasteiger partial charge in [0.05, 0.1) is 6.04 Å². The highest BCUT2D eigenvalue weighted by Crippen LogP contribution is 2.21. The molecule has 0 aliphatic carbocycles. The smallest absolute Gasteiger partial charge is 0.130 e. The molecule has 2 atom stereocenters. The van der Waals surface area contributed by atoms with Crippen LogP contribution in [-0.4, -0.2) is 33.9 Å². The van der Waals surface area contributed by atoms with Gasteiger partial charge in [0.25, 0.3) is 0 Å². The number of nitrogens with zero attached hydrogens (tertiary/aromatic N) is 2. The van der Waals surface area contributed by atoms with Crippen molar-refractivity contribution in [2.75, 3.05) is 13.2 Å². The van der Waals surface area contributed by atoms with Gasteiger partial charge in [0, 0.05) is 26.0 Å². The molecular weight excluding hydrogens is 333 g/mol. The van der Waals surface area contributed by atoms with Crippen LogP contribution in [0.2, 0.25) is 0 Å². The summed E-state index contributed by atoms with van der Waals surface area (Å²) in [4.78, 5) is 4.36. The topological polar surface area (TPSA) is 59.3 Å². The zero-order valence-corrected chi connectivity index (χ0v) is 14.5. The second-order valence-electron chi connectivity index (χ2n) is 6.07. The lowest BCUT2D eigenvalue weighted by Crippen LogP contribution is -2.35. The molecule has 0 radical (unpaired) electrons. The van der Waals surface area contributed by atoms with Crippen LogP contribution >= 0.6 is 0 Å². The highest BCUT2D eigenvalue weighted by molar-refractivity contribution is 5.26. The molecule has 0 saturated carbocycles. The summed E-state index contributed by atoms with van der Waals surface area (Å²) in [7, 11) is 1.88. The van der Waals surface area contributed by atoms with Gasteiger partial charge >= 0.3 is 0 Å². The number of aliphatic hydroxyl groups excluding tert-OH is 1. The van der Waals surface area contributed by atoms with Crippen molar-refractivity contribution in [3.05, 3.63) is 84.2 Å². The van der Waals surface area contributed by atoms with Crippen molar-refractivity contribution >= 4 is 0 Å². The van der Waals surface area contributed by atoms with Gasteiger partial charge < -0.3 is 19.7 Å². The summed E-state index contributed by atoms with van der Waals surface area (Å²) in [5.41, 5.74) is 0.746. The Hall–Kier alpha value is -2.70. The first kappa shape index (κ1) is 18.1. The van der Waals surface area contributed by atoms with Crippen LogP contribution in [0.15, 0.2) is 67.0 Å². The van der Waals surface area contributed by atoms with Crippen molar-refractivity contribution in [2.24, 2.45) is 7.05 Å². The van der Waals surface area contributed by atoms with E-state index >= 15 is 0 Å². The number of aryl methyl sites for hydroxylation is 1. The number of ether oxygens (including phenoxy) is 1. The number of imidazole rings is 1. The first-order valence-corrected chi connectivity index (χ1v) is 8.45. The van der Waals surface area contributed by atoms with Crippen molar-refractivity contribution in [2.45, 2.75) is 12.1 Å². The van der Waals surface area contributed by atoms with Crippen LogP contribution in [0.4, 0.5) is 4.39 Å². The minimum atomic E-state index is -0.716. The number of aromatic nitrogens is 2. The number of nitrogens with one attached hydrogen (secondary N) is 1. The maximum Gasteiger partial charge on any atom is 0.130 e. The molecule has 5 nitrogen and oxygen atoms in total. The first-order chi connectivity index (χ1) is 12.6. The molecule has 3 rings (SSSR count). The molecule has 0 saturated heterocycles. The van der Waals surface area contributed by atoms with Gasteiger partial charge in [-0.2, -0.15) is 0 Å². The van der Waals surface area contributed by atoms with Gasteiger partial charge in [-0.15, -0.1) is 0 Å². The number of aliphatic hydroxyl groups is 1. The van der Waals surface area contributed by atoms with E-state index in [-0.39, 0.29) is 25.0 Å². The molecule has 6 heteroatoms. The van der Waals surface area contributed by atoms with Gasteiger partial charge in [-0.3, -0.25) is 0 Å². The molecule has 0 aliphatic rings. The minimum Gasteiger partial charge on any atom is -0.491 e. The third-order valence-electron chi connectivity index (χ3n) is 4.04. The molecule has 0 fully saturated rings. The Labute approximate surface area is 152 Å². The van der Waals surface area contributed by atoms with Crippen LogP contribution < -0.4 is 10.1 Å². The van der Waals surface area contributed by atoms with Gasteiger partial charge in [-0.05, 0) is 29.8 Å². The minimum absolute atomic E-state index is 0.160. The summed E-state index contributed by atoms with van der Waals surface area (Å²) >= 11 is 0. The number of hydrogen-bond donors (Lipinski definition) is 2. The Morgan fingerprint density at radius 1 is 1.19 bits per heavy atom. The van der Waals surface area contributed by atoms with Crippen LogP contribution in [0.3, 0.4) is 0 Å². The number of para-hydroxylation sites is 1. The van der Waals surface area contributed by atoms with E-state index in [1.54, 1.807) is 12.3 Å². The van der Waals surface area contributed by atoms with Gasteiger partial charge in [-0.25, -0.2) is 9.37 Å². The quantitative estimate of drug-likeness (QED) is 0.652. The SMILES string of the molecule is Cn1ccnc1C(NCC(O)COc1ccccc1)c1cccc(F)c1. The molecule has 3 aromatic rings. The van der Waals surface area contributed by atoms with Crippen LogP contribution in [0, 0.1) is 5.82 Å². The number of hydrogen-bond acceptors (Lipinski definition) is 4. The Balaban J connectivity index is 1.65. The van der Waals surface area contributed by atoms with Crippen molar-refractivity contribution in [3.8, 4) is 5.75 Å². The van der Waals surface area contributed by atoms with Crippen LogP contribution in [0.1, 0.15) is 17.4 Å². The van der Waals surface area contributed by atoms with Gasteiger partial charge in [0.1, 0.15) is 30.1 Å². The summed E-state index contributed by atoms with van der Waals surface area (Å²) in [6.07, 6.45) is 2.81. The normalized spacial score (nSPS) is 13.3. The molecule has 26 heavy (non-hydrogen) atoms. The largest absolute Gasteiger partial charge is 0.491 e. The molecule has 0 aliphatic heterocycles. The number of halogens is 1. The van der Waals surface area contributed by atoms with Crippen LogP contribution in [0.25, 0.3) is 0 Å². The molecule has 1 heterocycles. The van der Waals surface area contributed by atoms with Gasteiger partial charge in [-0.1, -0.05) is 30.3 Å². The lowest BCUT2D eigenvalue weighted by Gasteiger charge is -2.21. The fraction of sp³-hybridized carbons (Fsp3) is 0.250. The third kappa shape index (κ3) is 4.68. The Morgan fingerprint density at radius 3 is 2.69 bits per heavy atom. The standard InChI is InChI=1S/C20H22FN3O2/c1-24-11-10-22-20(24)19(15-6-5-7-16(21)12-15)23-13-17(25)14-26-18-8-3-2-4-9-18/h2-12,17,19,23,25H,13-14H2,1H3. The Morgan fingerprint density at radius 2 is 2.00 bits per heavy atom. The zero-order chi connectivity index (χ0) is 18.4. The van der Waals surface area contributed by atoms with Crippen LogP contribution in [-0.2, 0) is 7.05 Å². The van der Waals surface area contributed by atoms with E-state index in [2.05, 4.69) is 10.3 Å². The van der Waals surface area contributed by atoms with E-state index in [4.69, 9.17) is 4.74 Å². The van der Waals surface area contributed by atoms with E-state index in [1.807, 2.05) is 54.2 Å². The first-order valence-electron chi connectivity index (χ1n) is 8.45. The predicted octanol–water partition coefficient (Wildman–Crippen LogP) is 2.68. The van der Waals surface area contributed by atoms with Crippen LogP contribution in [0.5, 0.6) is 5.75 Å². The average Bonchev–Trinajstić information content (AvgIpc) is 3.07. The summed E-state index contributed by atoms with van der Waals surface area (Å²) in [6.45, 7) is 0.439. The van der Waals surface area contributed by atoms with Crippen molar-refractivity contribution in [1.29, 1.82) is 0 Å². The summed E-state index contributed by atoms with van der Waals surface area (Å²) in [6, 6.07) is 15.4. The maximum absolute atomic E-state index is 13.7. The monoisotopic (exact) mass is 355 g/mol. The lowest BCUT2D eigenvalue weighted by atomic mass is 10.1. The van der Waals surface area contributed by atoms with Gasteiger partial charge in [0.2, 0.25) is 0 Å². The van der Waals surface area contributed by atoms with E-state index in [9.17, 15) is 9.50 Å². The molecule has 0 amide bonds. The highest BCUT2D eigenvalue weighted by Gasteiger charge is 2.20. The molecular formula is C20H22FN3O2. The van der Waals surface area contributed by atoms with E-state index in [1.165, 1.54) is 12.1 Å². The third-order valence-corrected chi connectivity index (χ3v) is 4.04. The second kappa shape index (κ2) is 8.60. The van der Waals surface area contributed by atoms with Gasteiger partial charge in [0.15, 0.2) is 0 Å². The van der Waals surface area contributed by atoms with E-state index in [0.717, 1.165) is 11.4 Å². The highest BCUT2D eigenvalue weighted by atomic mass is 19.1. The fourth-order valence-corrected chi connectivity index (χ4v) is 2.72. The van der Waals surface area contributed by atoms with E-state index in [0.29, 0.717) is 5.75 Å². The lowest BCUT2D eigenvalue weighted by molar-refractivity contribution is 0.104. The Kier molecular flexibility index (Phi) is 5.99. The van der Waals surface area contributed by atoms with E-state index < -0.39 is 6.10 Å². The molecule has 0 spiro atoms. The molecule has 2 N–H and O–H groups in total. The van der Waals surface area contributed by atoms with Crippen molar-refractivity contribution in [1.82, 2.24) is 14.9 Å². The second-order valence-corrected chi connectivity index (χ2v) is 6.07. The zero-order valence-electron chi connectivity index (χ0n) is 14.5. The summed E-state index contributed by atoms with van der Waals surface area (Å²) in [5, 5.41) is 13.5. The predicted molar refractivity (Wildman–Crippen MR) is 97.4 cm³/mol. The fourth-order valence-electron chi connectivity index (χ4n) is 2.72. The Bertz CT molecular complexity index is 823. The number of rotatable bonds is 8. The summed E-state index contributed by atoms with van der Waals surface area (Å²) in [5.74, 6) is 1.14. The molecule has 2 unspecified atom stereocenters. The maximum atomic E-state index is 13.7. The molecule has 1 aromatic heterocycles. The van der Waals surface area contributed by atoms with Crippen molar-refractivity contribution in [3.63, 3.8) is 0 Å². The van der Waals surface area contributed by atoms with Crippen molar-refractivity contribution < 1.29 is 14.2 Å². The average molecular weight is 355 g/mol.